The van der Waals surface area contributed by atoms with Crippen LogP contribution in [-0.2, 0) is 0 Å². The van der Waals surface area contributed by atoms with Crippen molar-refractivity contribution < 1.29 is 4.74 Å². The van der Waals surface area contributed by atoms with Gasteiger partial charge in [0.1, 0.15) is 6.07 Å². The van der Waals surface area contributed by atoms with Crippen molar-refractivity contribution in [1.29, 1.82) is 5.26 Å². The van der Waals surface area contributed by atoms with Crippen LogP contribution in [0.25, 0.3) is 0 Å². The number of ether oxygens (including phenoxy) is 1. The van der Waals surface area contributed by atoms with Gasteiger partial charge in [-0.2, -0.15) is 5.26 Å². The Morgan fingerprint density at radius 1 is 1.29 bits per heavy atom. The molecule has 0 spiro atoms. The van der Waals surface area contributed by atoms with E-state index in [0.717, 1.165) is 0 Å². The van der Waals surface area contributed by atoms with E-state index in [-0.39, 0.29) is 0 Å². The second-order valence-corrected chi connectivity index (χ2v) is 3.72. The van der Waals surface area contributed by atoms with Gasteiger partial charge in [-0.25, -0.2) is 4.98 Å². The summed E-state index contributed by atoms with van der Waals surface area (Å²) in [6.45, 7) is 0. The third-order valence-corrected chi connectivity index (χ3v) is 2.29. The number of pyridine rings is 1. The maximum Gasteiger partial charge on any atom is 0.219 e. The van der Waals surface area contributed by atoms with Crippen molar-refractivity contribution in [2.24, 2.45) is 0 Å². The van der Waals surface area contributed by atoms with Crippen LogP contribution in [0.5, 0.6) is 11.6 Å². The Morgan fingerprint density at radius 2 is 2.12 bits per heavy atom. The molecule has 0 atom stereocenters. The molecule has 0 fully saturated rings. The molecule has 1 aromatic carbocycles. The highest BCUT2D eigenvalue weighted by Crippen LogP contribution is 2.29. The lowest BCUT2D eigenvalue weighted by atomic mass is 10.3. The van der Waals surface area contributed by atoms with Crippen LogP contribution in [0.1, 0.15) is 5.56 Å². The number of nitriles is 1. The van der Waals surface area contributed by atoms with E-state index < -0.39 is 0 Å². The third-order valence-electron chi connectivity index (χ3n) is 2.06. The molecule has 1 aromatic heterocycles. The van der Waals surface area contributed by atoms with E-state index in [4.69, 9.17) is 27.3 Å². The Hall–Kier alpha value is -2.25. The lowest BCUT2D eigenvalue weighted by Gasteiger charge is -2.07. The number of nitrogen functional groups attached to an aromatic ring is 1. The van der Waals surface area contributed by atoms with Crippen molar-refractivity contribution in [3.63, 3.8) is 0 Å². The second-order valence-electron chi connectivity index (χ2n) is 3.28. The van der Waals surface area contributed by atoms with E-state index in [9.17, 15) is 0 Å². The van der Waals surface area contributed by atoms with E-state index in [0.29, 0.717) is 27.9 Å². The van der Waals surface area contributed by atoms with Crippen LogP contribution in [0.4, 0.5) is 5.69 Å². The van der Waals surface area contributed by atoms with Crippen molar-refractivity contribution in [3.05, 3.63) is 47.1 Å². The number of nitrogens with zero attached hydrogens (tertiary/aromatic N) is 2. The fourth-order valence-corrected chi connectivity index (χ4v) is 1.38. The average Bonchev–Trinajstić information content (AvgIpc) is 2.35. The Morgan fingerprint density at radius 3 is 2.76 bits per heavy atom. The van der Waals surface area contributed by atoms with Gasteiger partial charge < -0.3 is 10.5 Å². The van der Waals surface area contributed by atoms with E-state index >= 15 is 0 Å². The zero-order chi connectivity index (χ0) is 12.3. The summed E-state index contributed by atoms with van der Waals surface area (Å²) in [4.78, 5) is 3.97. The molecule has 4 nitrogen and oxygen atoms in total. The summed E-state index contributed by atoms with van der Waals surface area (Å²) < 4.78 is 5.46. The van der Waals surface area contributed by atoms with Crippen LogP contribution in [0.2, 0.25) is 5.02 Å². The van der Waals surface area contributed by atoms with Gasteiger partial charge in [-0.15, -0.1) is 0 Å². The number of benzene rings is 1. The van der Waals surface area contributed by atoms with Gasteiger partial charge in [-0.3, -0.25) is 0 Å². The third kappa shape index (κ3) is 2.65. The molecule has 0 saturated carbocycles. The predicted octanol–water partition coefficient (Wildman–Crippen LogP) is 2.98. The van der Waals surface area contributed by atoms with E-state index in [1.165, 1.54) is 6.20 Å². The van der Waals surface area contributed by atoms with Crippen molar-refractivity contribution in [3.8, 4) is 17.7 Å². The fraction of sp³-hybridized carbons (Fsp3) is 0. The predicted molar refractivity (Wildman–Crippen MR) is 64.9 cm³/mol. The van der Waals surface area contributed by atoms with Gasteiger partial charge in [0.25, 0.3) is 0 Å². The summed E-state index contributed by atoms with van der Waals surface area (Å²) in [6.07, 6.45) is 1.43. The van der Waals surface area contributed by atoms with Crippen LogP contribution in [0.15, 0.2) is 36.5 Å². The molecule has 0 aliphatic carbocycles. The fourth-order valence-electron chi connectivity index (χ4n) is 1.22. The van der Waals surface area contributed by atoms with Crippen molar-refractivity contribution in [1.82, 2.24) is 4.98 Å². The average molecular weight is 246 g/mol. The first-order chi connectivity index (χ1) is 8.19. The molecule has 0 bridgehead atoms. The number of aromatic nitrogens is 1. The number of hydrogen-bond acceptors (Lipinski definition) is 4. The van der Waals surface area contributed by atoms with Crippen LogP contribution in [0.3, 0.4) is 0 Å². The highest BCUT2D eigenvalue weighted by molar-refractivity contribution is 6.30. The van der Waals surface area contributed by atoms with Gasteiger partial charge >= 0.3 is 0 Å². The maximum absolute atomic E-state index is 8.63. The van der Waals surface area contributed by atoms with Crippen LogP contribution in [0, 0.1) is 11.3 Å². The molecule has 0 amide bonds. The highest BCUT2D eigenvalue weighted by Gasteiger charge is 2.04. The van der Waals surface area contributed by atoms with Gasteiger partial charge in [0.15, 0.2) is 5.75 Å². The highest BCUT2D eigenvalue weighted by atomic mass is 35.5. The topological polar surface area (TPSA) is 71.9 Å². The Kier molecular flexibility index (Phi) is 3.12. The first-order valence-electron chi connectivity index (χ1n) is 4.78. The quantitative estimate of drug-likeness (QED) is 0.826. The van der Waals surface area contributed by atoms with Gasteiger partial charge in [-0.1, -0.05) is 11.6 Å². The second kappa shape index (κ2) is 4.73. The summed E-state index contributed by atoms with van der Waals surface area (Å²) in [5.41, 5.74) is 6.67. The number of anilines is 1. The van der Waals surface area contributed by atoms with Crippen LogP contribution >= 0.6 is 11.6 Å². The van der Waals surface area contributed by atoms with Crippen molar-refractivity contribution in [2.75, 3.05) is 5.73 Å². The minimum atomic E-state index is 0.359. The molecule has 1 heterocycles. The van der Waals surface area contributed by atoms with Gasteiger partial charge in [0, 0.05) is 23.4 Å². The Balaban J connectivity index is 2.25. The molecule has 2 aromatic rings. The number of rotatable bonds is 2. The lowest BCUT2D eigenvalue weighted by Crippen LogP contribution is -1.93. The van der Waals surface area contributed by atoms with Gasteiger partial charge in [0.2, 0.25) is 5.88 Å². The number of hydrogen-bond donors (Lipinski definition) is 1. The van der Waals surface area contributed by atoms with Crippen LogP contribution in [-0.4, -0.2) is 4.98 Å². The minimum Gasteiger partial charge on any atom is -0.437 e. The summed E-state index contributed by atoms with van der Waals surface area (Å²) in [7, 11) is 0. The smallest absolute Gasteiger partial charge is 0.219 e. The SMILES string of the molecule is N#Cc1ccc(Oc2cc(Cl)ccc2N)nc1. The minimum absolute atomic E-state index is 0.359. The van der Waals surface area contributed by atoms with Gasteiger partial charge in [0.05, 0.1) is 11.3 Å². The van der Waals surface area contributed by atoms with Crippen LogP contribution < -0.4 is 10.5 Å². The Bertz CT molecular complexity index is 575. The number of nitrogens with two attached hydrogens (primary N) is 1. The molecule has 0 unspecified atom stereocenters. The monoisotopic (exact) mass is 245 g/mol. The summed E-state index contributed by atoms with van der Waals surface area (Å²) in [5, 5.41) is 9.16. The summed E-state index contributed by atoms with van der Waals surface area (Å²) in [5.74, 6) is 0.799. The van der Waals surface area contributed by atoms with Gasteiger partial charge in [-0.05, 0) is 18.2 Å². The van der Waals surface area contributed by atoms with E-state index in [2.05, 4.69) is 4.98 Å². The molecule has 5 heteroatoms. The molecule has 84 valence electrons. The molecule has 2 N–H and O–H groups in total. The molecule has 2 rings (SSSR count). The van der Waals surface area contributed by atoms with Crippen molar-refractivity contribution in [2.45, 2.75) is 0 Å². The number of halogens is 1. The van der Waals surface area contributed by atoms with E-state index in [1.54, 1.807) is 30.3 Å². The molecule has 0 aliphatic heterocycles. The molecule has 0 radical (unpaired) electrons. The first-order valence-corrected chi connectivity index (χ1v) is 5.16. The standard InChI is InChI=1S/C12H8ClN3O/c13-9-2-3-10(15)11(5-9)17-12-4-1-8(6-14)7-16-12/h1-5,7H,15H2. The maximum atomic E-state index is 8.63. The molecule has 0 saturated heterocycles. The first kappa shape index (κ1) is 11.2. The normalized spacial score (nSPS) is 9.65. The van der Waals surface area contributed by atoms with E-state index in [1.807, 2.05) is 6.07 Å². The lowest BCUT2D eigenvalue weighted by molar-refractivity contribution is 0.465. The zero-order valence-electron chi connectivity index (χ0n) is 8.72. The molecule has 17 heavy (non-hydrogen) atoms. The molecule has 0 aliphatic rings. The zero-order valence-corrected chi connectivity index (χ0v) is 9.48. The summed E-state index contributed by atoms with van der Waals surface area (Å²) in [6, 6.07) is 10.1. The summed E-state index contributed by atoms with van der Waals surface area (Å²) >= 11 is 5.83. The van der Waals surface area contributed by atoms with Crippen molar-refractivity contribution >= 4 is 17.3 Å². The molecular formula is C12H8ClN3O. The Labute approximate surface area is 103 Å². The molecular weight excluding hydrogens is 238 g/mol. The largest absolute Gasteiger partial charge is 0.437 e.